The van der Waals surface area contributed by atoms with Crippen molar-refractivity contribution in [3.05, 3.63) is 54.2 Å². The molecule has 0 atom stereocenters. The Morgan fingerprint density at radius 2 is 2.04 bits per heavy atom. The third-order valence-electron chi connectivity index (χ3n) is 3.58. The molecule has 0 aliphatic carbocycles. The molecule has 2 N–H and O–H groups in total. The Balaban J connectivity index is 0.00000243. The van der Waals surface area contributed by atoms with Crippen molar-refractivity contribution in [3.63, 3.8) is 0 Å². The molecule has 3 rings (SSSR count). The van der Waals surface area contributed by atoms with Crippen LogP contribution in [0.25, 0.3) is 11.3 Å². The van der Waals surface area contributed by atoms with Gasteiger partial charge in [0.2, 0.25) is 0 Å². The minimum atomic E-state index is 0. The predicted octanol–water partition coefficient (Wildman–Crippen LogP) is 2.34. The molecule has 1 aromatic carbocycles. The Bertz CT molecular complexity index is 829. The number of rotatable bonds is 6. The summed E-state index contributed by atoms with van der Waals surface area (Å²) in [5, 5.41) is 14.6. The third kappa shape index (κ3) is 5.28. The Kier molecular flexibility index (Phi) is 7.57. The van der Waals surface area contributed by atoms with Crippen molar-refractivity contribution < 1.29 is 4.52 Å². The van der Waals surface area contributed by atoms with Crippen molar-refractivity contribution in [2.45, 2.75) is 20.0 Å². The summed E-state index contributed by atoms with van der Waals surface area (Å²) in [6, 6.07) is 11.8. The topological polar surface area (TPSA) is 93.2 Å². The molecule has 0 spiro atoms. The molecule has 0 aliphatic rings. The van der Waals surface area contributed by atoms with Crippen molar-refractivity contribution in [2.24, 2.45) is 12.0 Å². The first-order chi connectivity index (χ1) is 12.3. The number of halogens is 1. The quantitative estimate of drug-likeness (QED) is 0.329. The molecule has 0 aliphatic heterocycles. The maximum atomic E-state index is 5.40. The zero-order valence-electron chi connectivity index (χ0n) is 14.7. The fraction of sp³-hybridized carbons (Fsp3) is 0.294. The van der Waals surface area contributed by atoms with E-state index in [0.717, 1.165) is 29.4 Å². The highest BCUT2D eigenvalue weighted by Gasteiger charge is 2.07. The normalized spacial score (nSPS) is 11.1. The number of hydrogen-bond donors (Lipinski definition) is 2. The number of nitrogens with one attached hydrogen (secondary N) is 2. The summed E-state index contributed by atoms with van der Waals surface area (Å²) in [5.74, 6) is 2.26. The summed E-state index contributed by atoms with van der Waals surface area (Å²) in [6.45, 7) is 3.74. The van der Waals surface area contributed by atoms with E-state index in [2.05, 4.69) is 30.9 Å². The van der Waals surface area contributed by atoms with Gasteiger partial charge in [-0.1, -0.05) is 35.5 Å². The monoisotopic (exact) mass is 467 g/mol. The summed E-state index contributed by atoms with van der Waals surface area (Å²) in [7, 11) is 1.86. The minimum absolute atomic E-state index is 0. The molecule has 8 nitrogen and oxygen atoms in total. The van der Waals surface area contributed by atoms with Crippen LogP contribution in [0.2, 0.25) is 0 Å². The second-order valence-electron chi connectivity index (χ2n) is 5.40. The van der Waals surface area contributed by atoms with E-state index in [-0.39, 0.29) is 24.0 Å². The number of guanidine groups is 1. The largest absolute Gasteiger partial charge is 0.357 e. The molecule has 3 aromatic rings. The van der Waals surface area contributed by atoms with Gasteiger partial charge in [0.15, 0.2) is 11.7 Å². The van der Waals surface area contributed by atoms with Crippen molar-refractivity contribution >= 4 is 29.9 Å². The van der Waals surface area contributed by atoms with Crippen LogP contribution in [0.3, 0.4) is 0 Å². The molecule has 26 heavy (non-hydrogen) atoms. The lowest BCUT2D eigenvalue weighted by Gasteiger charge is -2.10. The third-order valence-corrected chi connectivity index (χ3v) is 3.58. The van der Waals surface area contributed by atoms with Gasteiger partial charge in [0.25, 0.3) is 0 Å². The van der Waals surface area contributed by atoms with Gasteiger partial charge in [-0.15, -0.1) is 24.0 Å². The van der Waals surface area contributed by atoms with Crippen LogP contribution in [0.15, 0.2) is 52.2 Å². The van der Waals surface area contributed by atoms with Gasteiger partial charge in [0.05, 0.1) is 13.1 Å². The van der Waals surface area contributed by atoms with Crippen LogP contribution in [0.5, 0.6) is 0 Å². The molecule has 2 heterocycles. The van der Waals surface area contributed by atoms with Gasteiger partial charge in [-0.05, 0) is 6.92 Å². The first-order valence-electron chi connectivity index (χ1n) is 8.12. The highest BCUT2D eigenvalue weighted by molar-refractivity contribution is 14.0. The molecule has 0 bridgehead atoms. The lowest BCUT2D eigenvalue weighted by atomic mass is 10.2. The van der Waals surface area contributed by atoms with E-state index < -0.39 is 0 Å². The van der Waals surface area contributed by atoms with Crippen LogP contribution in [0, 0.1) is 0 Å². The Morgan fingerprint density at radius 1 is 1.23 bits per heavy atom. The van der Waals surface area contributed by atoms with Crippen LogP contribution < -0.4 is 10.6 Å². The van der Waals surface area contributed by atoms with Gasteiger partial charge in [-0.3, -0.25) is 4.68 Å². The molecular weight excluding hydrogens is 445 g/mol. The first kappa shape index (κ1) is 19.9. The molecule has 0 saturated heterocycles. The molecule has 0 fully saturated rings. The van der Waals surface area contributed by atoms with E-state index in [0.29, 0.717) is 19.0 Å². The summed E-state index contributed by atoms with van der Waals surface area (Å²) < 4.78 is 7.12. The van der Waals surface area contributed by atoms with Crippen LogP contribution in [0.4, 0.5) is 0 Å². The van der Waals surface area contributed by atoms with Gasteiger partial charge in [0.1, 0.15) is 17.8 Å². The van der Waals surface area contributed by atoms with Crippen LogP contribution >= 0.6 is 24.0 Å². The van der Waals surface area contributed by atoms with Crippen LogP contribution in [-0.4, -0.2) is 32.4 Å². The van der Waals surface area contributed by atoms with Crippen molar-refractivity contribution in [1.82, 2.24) is 30.6 Å². The zero-order valence-corrected chi connectivity index (χ0v) is 17.0. The number of hydrogen-bond acceptors (Lipinski definition) is 5. The Morgan fingerprint density at radius 3 is 2.73 bits per heavy atom. The molecular formula is C17H22IN7O. The second-order valence-corrected chi connectivity index (χ2v) is 5.40. The van der Waals surface area contributed by atoms with Crippen LogP contribution in [-0.2, 0) is 20.1 Å². The Hall–Kier alpha value is -2.43. The molecule has 0 amide bonds. The minimum Gasteiger partial charge on any atom is -0.357 e. The predicted molar refractivity (Wildman–Crippen MR) is 110 cm³/mol. The van der Waals surface area contributed by atoms with E-state index in [4.69, 9.17) is 4.52 Å². The van der Waals surface area contributed by atoms with Crippen molar-refractivity contribution in [3.8, 4) is 11.3 Å². The maximum Gasteiger partial charge on any atom is 0.192 e. The van der Waals surface area contributed by atoms with E-state index in [1.807, 2.05) is 50.4 Å². The average Bonchev–Trinajstić information content (AvgIpc) is 3.27. The van der Waals surface area contributed by atoms with Gasteiger partial charge in [-0.25, -0.2) is 9.98 Å². The van der Waals surface area contributed by atoms with E-state index in [1.54, 1.807) is 4.68 Å². The number of aliphatic imine (C=N–C) groups is 1. The molecule has 138 valence electrons. The summed E-state index contributed by atoms with van der Waals surface area (Å²) in [6.07, 6.45) is 1.53. The smallest absolute Gasteiger partial charge is 0.192 e. The van der Waals surface area contributed by atoms with E-state index >= 15 is 0 Å². The number of aromatic nitrogens is 4. The second kappa shape index (κ2) is 9.90. The van der Waals surface area contributed by atoms with E-state index in [9.17, 15) is 0 Å². The lowest BCUT2D eigenvalue weighted by Crippen LogP contribution is -2.37. The standard InChI is InChI=1S/C17H21N7O.HI/c1-3-18-17(20-11-16-21-12-22-24(16)2)19-10-14-9-15(25-23-14)13-7-5-4-6-8-13;/h4-9,12H,3,10-11H2,1-2H3,(H2,18,19,20);1H. The van der Waals surface area contributed by atoms with Gasteiger partial charge < -0.3 is 15.2 Å². The molecule has 0 unspecified atom stereocenters. The maximum absolute atomic E-state index is 5.40. The van der Waals surface area contributed by atoms with Gasteiger partial charge >= 0.3 is 0 Å². The molecule has 0 saturated carbocycles. The average molecular weight is 467 g/mol. The summed E-state index contributed by atoms with van der Waals surface area (Å²) >= 11 is 0. The van der Waals surface area contributed by atoms with Crippen molar-refractivity contribution in [1.29, 1.82) is 0 Å². The highest BCUT2D eigenvalue weighted by Crippen LogP contribution is 2.19. The first-order valence-corrected chi connectivity index (χ1v) is 8.12. The van der Waals surface area contributed by atoms with Gasteiger partial charge in [-0.2, -0.15) is 5.10 Å². The van der Waals surface area contributed by atoms with Gasteiger partial charge in [0, 0.05) is 25.2 Å². The van der Waals surface area contributed by atoms with E-state index in [1.165, 1.54) is 6.33 Å². The highest BCUT2D eigenvalue weighted by atomic mass is 127. The summed E-state index contributed by atoms with van der Waals surface area (Å²) in [4.78, 5) is 8.72. The summed E-state index contributed by atoms with van der Waals surface area (Å²) in [5.41, 5.74) is 1.77. The lowest BCUT2D eigenvalue weighted by molar-refractivity contribution is 0.424. The molecule has 9 heteroatoms. The number of benzene rings is 1. The zero-order chi connectivity index (χ0) is 17.5. The number of nitrogens with zero attached hydrogens (tertiary/aromatic N) is 5. The molecule has 2 aromatic heterocycles. The SMILES string of the molecule is CCNC(=NCc1cc(-c2ccccc2)on1)NCc1ncnn1C.I. The van der Waals surface area contributed by atoms with Crippen molar-refractivity contribution in [2.75, 3.05) is 6.54 Å². The molecule has 0 radical (unpaired) electrons. The Labute approximate surface area is 169 Å². The fourth-order valence-electron chi connectivity index (χ4n) is 2.27. The number of aryl methyl sites for hydroxylation is 1. The fourth-order valence-corrected chi connectivity index (χ4v) is 2.27. The van der Waals surface area contributed by atoms with Crippen LogP contribution in [0.1, 0.15) is 18.4 Å².